The Kier molecular flexibility index (Phi) is 5.02. The van der Waals surface area contributed by atoms with Crippen molar-refractivity contribution in [1.29, 1.82) is 0 Å². The predicted octanol–water partition coefficient (Wildman–Crippen LogP) is 4.13. The first-order valence-electron chi connectivity index (χ1n) is 10.5. The molecule has 2 aromatic rings. The lowest BCUT2D eigenvalue weighted by Crippen LogP contribution is -2.60. The van der Waals surface area contributed by atoms with Gasteiger partial charge >= 0.3 is 0 Å². The Morgan fingerprint density at radius 1 is 1.21 bits per heavy atom. The van der Waals surface area contributed by atoms with Gasteiger partial charge in [0.15, 0.2) is 6.61 Å². The molecule has 7 heteroatoms. The molecule has 0 spiro atoms. The van der Waals surface area contributed by atoms with Crippen LogP contribution in [0.5, 0.6) is 5.75 Å². The van der Waals surface area contributed by atoms with Crippen LogP contribution in [0, 0.1) is 24.7 Å². The predicted molar refractivity (Wildman–Crippen MR) is 110 cm³/mol. The van der Waals surface area contributed by atoms with Gasteiger partial charge in [-0.15, -0.1) is 10.2 Å². The second-order valence-electron chi connectivity index (χ2n) is 9.10. The van der Waals surface area contributed by atoms with E-state index in [1.54, 1.807) is 0 Å². The number of aromatic nitrogens is 2. The van der Waals surface area contributed by atoms with Crippen LogP contribution < -0.4 is 10.1 Å². The van der Waals surface area contributed by atoms with E-state index in [0.717, 1.165) is 48.3 Å². The summed E-state index contributed by atoms with van der Waals surface area (Å²) in [5.74, 6) is 4.03. The summed E-state index contributed by atoms with van der Waals surface area (Å²) in [6.07, 6.45) is 7.61. The normalized spacial score (nSPS) is 29.8. The number of thioether (sulfide) groups is 1. The Labute approximate surface area is 175 Å². The van der Waals surface area contributed by atoms with Gasteiger partial charge in [-0.1, -0.05) is 23.9 Å². The number of aryl methyl sites for hydroxylation is 1. The van der Waals surface area contributed by atoms with Crippen LogP contribution >= 0.6 is 11.8 Å². The van der Waals surface area contributed by atoms with Gasteiger partial charge in [0.05, 0.1) is 5.75 Å². The average Bonchev–Trinajstić information content (AvgIpc) is 3.11. The zero-order valence-corrected chi connectivity index (χ0v) is 17.5. The summed E-state index contributed by atoms with van der Waals surface area (Å²) < 4.78 is 11.3. The van der Waals surface area contributed by atoms with Gasteiger partial charge in [-0.25, -0.2) is 0 Å². The first-order valence-corrected chi connectivity index (χ1v) is 11.5. The first kappa shape index (κ1) is 19.0. The monoisotopic (exact) mass is 413 g/mol. The molecule has 4 bridgehead atoms. The topological polar surface area (TPSA) is 77.2 Å². The van der Waals surface area contributed by atoms with Crippen molar-refractivity contribution in [2.24, 2.45) is 17.8 Å². The van der Waals surface area contributed by atoms with E-state index in [1.165, 1.54) is 31.0 Å². The van der Waals surface area contributed by atoms with Crippen molar-refractivity contribution in [3.63, 3.8) is 0 Å². The highest BCUT2D eigenvalue weighted by atomic mass is 32.2. The lowest BCUT2D eigenvalue weighted by atomic mass is 9.53. The Balaban J connectivity index is 1.11. The van der Waals surface area contributed by atoms with Crippen molar-refractivity contribution in [3.8, 4) is 5.75 Å². The van der Waals surface area contributed by atoms with Crippen LogP contribution in [0.15, 0.2) is 33.9 Å². The molecule has 0 saturated heterocycles. The quantitative estimate of drug-likeness (QED) is 0.688. The molecule has 1 amide bonds. The molecule has 29 heavy (non-hydrogen) atoms. The summed E-state index contributed by atoms with van der Waals surface area (Å²) >= 11 is 1.29. The number of rotatable bonds is 7. The molecule has 0 radical (unpaired) electrons. The zero-order valence-electron chi connectivity index (χ0n) is 16.7. The second-order valence-corrected chi connectivity index (χ2v) is 10.0. The molecule has 4 aliphatic carbocycles. The van der Waals surface area contributed by atoms with E-state index in [1.807, 2.05) is 31.2 Å². The summed E-state index contributed by atoms with van der Waals surface area (Å²) in [6, 6.07) is 7.82. The van der Waals surface area contributed by atoms with E-state index in [9.17, 15) is 4.79 Å². The lowest BCUT2D eigenvalue weighted by Gasteiger charge is -2.56. The van der Waals surface area contributed by atoms with Crippen LogP contribution in [-0.4, -0.2) is 27.4 Å². The Hall–Kier alpha value is -2.02. The standard InChI is InChI=1S/C22H27N3O3S/c1-14-3-2-4-18(5-14)27-12-20-24-25-21(28-20)29-13-19(26)23-22-9-15-6-16(10-22)8-17(7-15)11-22/h2-5,15-17H,6-13H2,1H3,(H,23,26). The van der Waals surface area contributed by atoms with Gasteiger partial charge in [-0.2, -0.15) is 0 Å². The maximum Gasteiger partial charge on any atom is 0.277 e. The third-order valence-corrected chi connectivity index (χ3v) is 7.39. The smallest absolute Gasteiger partial charge is 0.277 e. The maximum absolute atomic E-state index is 12.6. The zero-order chi connectivity index (χ0) is 19.8. The number of carbonyl (C=O) groups excluding carboxylic acids is 1. The fourth-order valence-electron chi connectivity index (χ4n) is 5.93. The highest BCUT2D eigenvalue weighted by molar-refractivity contribution is 7.99. The highest BCUT2D eigenvalue weighted by Crippen LogP contribution is 2.55. The van der Waals surface area contributed by atoms with Crippen LogP contribution in [0.2, 0.25) is 0 Å². The van der Waals surface area contributed by atoms with Crippen molar-refractivity contribution in [1.82, 2.24) is 15.5 Å². The largest absolute Gasteiger partial charge is 0.484 e. The molecule has 0 atom stereocenters. The molecule has 154 valence electrons. The average molecular weight is 414 g/mol. The van der Waals surface area contributed by atoms with Crippen LogP contribution in [0.3, 0.4) is 0 Å². The number of nitrogens with zero attached hydrogens (tertiary/aromatic N) is 2. The summed E-state index contributed by atoms with van der Waals surface area (Å²) in [7, 11) is 0. The summed E-state index contributed by atoms with van der Waals surface area (Å²) in [5.41, 5.74) is 1.18. The van der Waals surface area contributed by atoms with E-state index in [2.05, 4.69) is 15.5 Å². The Morgan fingerprint density at radius 3 is 2.62 bits per heavy atom. The SMILES string of the molecule is Cc1cccc(OCc2nnc(SCC(=O)NC34CC5CC(CC(C5)C3)C4)o2)c1. The fraction of sp³-hybridized carbons (Fsp3) is 0.591. The van der Waals surface area contributed by atoms with Crippen molar-refractivity contribution < 1.29 is 13.9 Å². The third kappa shape index (κ3) is 4.29. The van der Waals surface area contributed by atoms with E-state index < -0.39 is 0 Å². The minimum Gasteiger partial charge on any atom is -0.484 e. The minimum absolute atomic E-state index is 0.0497. The van der Waals surface area contributed by atoms with Gasteiger partial charge in [0.1, 0.15) is 5.75 Å². The molecule has 6 nitrogen and oxygen atoms in total. The van der Waals surface area contributed by atoms with E-state index in [-0.39, 0.29) is 18.1 Å². The van der Waals surface area contributed by atoms with Gasteiger partial charge in [-0.05, 0) is 80.9 Å². The summed E-state index contributed by atoms with van der Waals surface area (Å²) in [5, 5.41) is 11.8. The first-order chi connectivity index (χ1) is 14.1. The van der Waals surface area contributed by atoms with E-state index >= 15 is 0 Å². The molecule has 6 rings (SSSR count). The molecular formula is C22H27N3O3S. The highest BCUT2D eigenvalue weighted by Gasteiger charge is 2.51. The summed E-state index contributed by atoms with van der Waals surface area (Å²) in [6.45, 7) is 2.24. The molecule has 4 fully saturated rings. The number of hydrogen-bond donors (Lipinski definition) is 1. The van der Waals surface area contributed by atoms with Crippen molar-refractivity contribution in [3.05, 3.63) is 35.7 Å². The minimum atomic E-state index is 0.0497. The molecule has 0 aliphatic heterocycles. The number of benzene rings is 1. The third-order valence-electron chi connectivity index (χ3n) is 6.57. The molecule has 4 saturated carbocycles. The number of amides is 1. The van der Waals surface area contributed by atoms with Crippen LogP contribution in [-0.2, 0) is 11.4 Å². The summed E-state index contributed by atoms with van der Waals surface area (Å²) in [4.78, 5) is 12.6. The number of carbonyl (C=O) groups is 1. The maximum atomic E-state index is 12.6. The fourth-order valence-corrected chi connectivity index (χ4v) is 6.51. The molecule has 0 unspecified atom stereocenters. The molecular weight excluding hydrogens is 386 g/mol. The number of nitrogens with one attached hydrogen (secondary N) is 1. The van der Waals surface area contributed by atoms with Gasteiger partial charge in [0.2, 0.25) is 5.91 Å². The number of hydrogen-bond acceptors (Lipinski definition) is 6. The molecule has 1 heterocycles. The van der Waals surface area contributed by atoms with Gasteiger partial charge in [0, 0.05) is 5.54 Å². The molecule has 1 aromatic carbocycles. The second kappa shape index (κ2) is 7.67. The van der Waals surface area contributed by atoms with Crippen molar-refractivity contribution >= 4 is 17.7 Å². The van der Waals surface area contributed by atoms with Crippen molar-refractivity contribution in [2.45, 2.75) is 62.8 Å². The van der Waals surface area contributed by atoms with Crippen LogP contribution in [0.25, 0.3) is 0 Å². The molecule has 1 aromatic heterocycles. The van der Waals surface area contributed by atoms with E-state index in [0.29, 0.717) is 16.9 Å². The van der Waals surface area contributed by atoms with Crippen molar-refractivity contribution in [2.75, 3.05) is 5.75 Å². The van der Waals surface area contributed by atoms with Gasteiger partial charge in [0.25, 0.3) is 11.1 Å². The Morgan fingerprint density at radius 2 is 1.93 bits per heavy atom. The van der Waals surface area contributed by atoms with Gasteiger partial charge < -0.3 is 14.5 Å². The van der Waals surface area contributed by atoms with E-state index in [4.69, 9.17) is 9.15 Å². The number of ether oxygens (including phenoxy) is 1. The van der Waals surface area contributed by atoms with Crippen LogP contribution in [0.1, 0.15) is 50.0 Å². The van der Waals surface area contributed by atoms with Crippen LogP contribution in [0.4, 0.5) is 0 Å². The molecule has 1 N–H and O–H groups in total. The van der Waals surface area contributed by atoms with Gasteiger partial charge in [-0.3, -0.25) is 4.79 Å². The molecule has 4 aliphatic rings. The Bertz CT molecular complexity index is 862. The lowest BCUT2D eigenvalue weighted by molar-refractivity contribution is -0.124.